The van der Waals surface area contributed by atoms with Crippen LogP contribution in [-0.2, 0) is 22.9 Å². The van der Waals surface area contributed by atoms with E-state index in [4.69, 9.17) is 28.2 Å². The Kier molecular flexibility index (Phi) is 11.0. The van der Waals surface area contributed by atoms with Crippen LogP contribution in [0.15, 0.2) is 0 Å². The van der Waals surface area contributed by atoms with Crippen molar-refractivity contribution in [2.45, 2.75) is 109 Å². The minimum absolute atomic E-state index is 0.0277. The number of aliphatic hydroxyl groups is 1. The van der Waals surface area contributed by atoms with E-state index in [-0.39, 0.29) is 48.4 Å². The number of rotatable bonds is 12. The Morgan fingerprint density at radius 3 is 2.23 bits per heavy atom. The van der Waals surface area contributed by atoms with Crippen molar-refractivity contribution < 1.29 is 28.1 Å². The molecule has 0 amide bonds. The summed E-state index contributed by atoms with van der Waals surface area (Å²) in [5.41, 5.74) is 0. The standard InChI is InChI=1S/C24H48N3O6PSi/c1-16-17(2)30-19(21(16)28)15-27-34(8,29-13-11-12-25)32-23-20(14-26-7)31-18(3)22(23)33-35(9,10)24(4,5)6/h16-23,26-28H,8,11,13-15H2,1-7,9-10H3/t16-,17+,18+,19-,20-,21?,22?,23+,34?/m1/s1. The van der Waals surface area contributed by atoms with Crippen molar-refractivity contribution in [1.82, 2.24) is 10.4 Å². The summed E-state index contributed by atoms with van der Waals surface area (Å²) in [6, 6.07) is 2.11. The van der Waals surface area contributed by atoms with Gasteiger partial charge in [-0.2, -0.15) is 5.26 Å². The molecule has 2 heterocycles. The molecule has 0 aromatic rings. The number of nitrogens with one attached hydrogen (secondary N) is 2. The first-order valence-electron chi connectivity index (χ1n) is 12.7. The molecule has 11 heteroatoms. The molecule has 9 atom stereocenters. The van der Waals surface area contributed by atoms with Crippen molar-refractivity contribution in [2.24, 2.45) is 5.92 Å². The molecule has 2 aliphatic rings. The molecule has 0 aromatic heterocycles. The molecule has 0 bridgehead atoms. The third kappa shape index (κ3) is 7.84. The largest absolute Gasteiger partial charge is 0.409 e. The maximum atomic E-state index is 10.6. The average Bonchev–Trinajstić information content (AvgIpc) is 3.16. The maximum absolute atomic E-state index is 10.6. The highest BCUT2D eigenvalue weighted by atomic mass is 31.2. The summed E-state index contributed by atoms with van der Waals surface area (Å²) < 4.78 is 31.8. The molecule has 0 spiro atoms. The van der Waals surface area contributed by atoms with Gasteiger partial charge < -0.3 is 33.4 Å². The van der Waals surface area contributed by atoms with Crippen LogP contribution in [0.3, 0.4) is 0 Å². The molecular formula is C24H48N3O6PSi. The lowest BCUT2D eigenvalue weighted by atomic mass is 10.00. The molecule has 0 aromatic carbocycles. The van der Waals surface area contributed by atoms with Gasteiger partial charge >= 0.3 is 0 Å². The molecule has 3 N–H and O–H groups in total. The van der Waals surface area contributed by atoms with Gasteiger partial charge in [0.2, 0.25) is 0 Å². The number of likely N-dealkylation sites (N-methyl/N-ethyl adjacent to an activating group) is 1. The van der Waals surface area contributed by atoms with E-state index in [9.17, 15) is 5.11 Å². The summed E-state index contributed by atoms with van der Waals surface area (Å²) in [5.74, 6) is 0.0335. The van der Waals surface area contributed by atoms with Gasteiger partial charge in [0.25, 0.3) is 0 Å². The number of nitrogens with zero attached hydrogens (tertiary/aromatic N) is 1. The predicted octanol–water partition coefficient (Wildman–Crippen LogP) is 3.27. The van der Waals surface area contributed by atoms with Gasteiger partial charge in [-0.15, -0.1) is 0 Å². The SMILES string of the molecule is C=P(NC[C@H]1O[C@@H](C)[C@@H](C)C1O)(OCCC#N)O[C@@H]1C(O[Si](C)(C)C(C)(C)C)[C@H](C)O[C@@H]1CNC. The van der Waals surface area contributed by atoms with Gasteiger partial charge in [0.1, 0.15) is 12.2 Å². The fourth-order valence-electron chi connectivity index (χ4n) is 4.13. The summed E-state index contributed by atoms with van der Waals surface area (Å²) in [4.78, 5) is 0. The van der Waals surface area contributed by atoms with E-state index >= 15 is 0 Å². The summed E-state index contributed by atoms with van der Waals surface area (Å²) in [6.45, 7) is 18.1. The highest BCUT2D eigenvalue weighted by Gasteiger charge is 2.50. The molecule has 2 aliphatic heterocycles. The first-order chi connectivity index (χ1) is 16.2. The average molecular weight is 534 g/mol. The van der Waals surface area contributed by atoms with E-state index < -0.39 is 34.1 Å². The molecule has 0 radical (unpaired) electrons. The van der Waals surface area contributed by atoms with E-state index in [0.29, 0.717) is 13.1 Å². The van der Waals surface area contributed by atoms with Gasteiger partial charge in [-0.3, -0.25) is 5.09 Å². The van der Waals surface area contributed by atoms with Crippen LogP contribution in [0.1, 0.15) is 48.0 Å². The van der Waals surface area contributed by atoms with Crippen molar-refractivity contribution >= 4 is 22.1 Å². The van der Waals surface area contributed by atoms with Gasteiger partial charge in [-0.05, 0) is 45.3 Å². The number of ether oxygens (including phenoxy) is 2. The van der Waals surface area contributed by atoms with Crippen LogP contribution in [0, 0.1) is 17.2 Å². The number of aliphatic hydroxyl groups excluding tert-OH is 1. The minimum Gasteiger partial charge on any atom is -0.409 e. The third-order valence-corrected chi connectivity index (χ3v) is 13.9. The first-order valence-corrected chi connectivity index (χ1v) is 17.4. The van der Waals surface area contributed by atoms with E-state index in [1.54, 1.807) is 0 Å². The smallest absolute Gasteiger partial charge is 0.192 e. The van der Waals surface area contributed by atoms with Crippen LogP contribution < -0.4 is 10.4 Å². The first kappa shape index (κ1) is 30.9. The number of hydrogen-bond donors (Lipinski definition) is 3. The van der Waals surface area contributed by atoms with E-state index in [1.807, 2.05) is 27.8 Å². The Labute approximate surface area is 213 Å². The normalized spacial score (nSPS) is 35.7. The second-order valence-corrected chi connectivity index (χ2v) is 18.2. The van der Waals surface area contributed by atoms with Crippen molar-refractivity contribution in [1.29, 1.82) is 5.26 Å². The Bertz CT molecular complexity index is 773. The van der Waals surface area contributed by atoms with Gasteiger partial charge in [0.15, 0.2) is 15.8 Å². The van der Waals surface area contributed by atoms with Gasteiger partial charge in [0.05, 0.1) is 49.6 Å². The van der Waals surface area contributed by atoms with E-state index in [1.165, 1.54) is 0 Å². The monoisotopic (exact) mass is 533 g/mol. The van der Waals surface area contributed by atoms with Gasteiger partial charge in [-0.25, -0.2) is 0 Å². The molecule has 2 rings (SSSR count). The topological polar surface area (TPSA) is 114 Å². The Morgan fingerprint density at radius 1 is 1.09 bits per heavy atom. The van der Waals surface area contributed by atoms with Crippen LogP contribution in [0.5, 0.6) is 0 Å². The fraction of sp³-hybridized carbons (Fsp3) is 0.917. The zero-order chi connectivity index (χ0) is 26.6. The molecule has 35 heavy (non-hydrogen) atoms. The molecule has 2 fully saturated rings. The van der Waals surface area contributed by atoms with Gasteiger partial charge in [-0.1, -0.05) is 27.7 Å². The quantitative estimate of drug-likeness (QED) is 0.198. The molecular weight excluding hydrogens is 485 g/mol. The van der Waals surface area contributed by atoms with Crippen LogP contribution in [-0.4, -0.2) is 89.2 Å². The van der Waals surface area contributed by atoms with Crippen LogP contribution in [0.4, 0.5) is 0 Å². The summed E-state index contributed by atoms with van der Waals surface area (Å²) >= 11 is 0. The number of hydrogen-bond acceptors (Lipinski definition) is 9. The Morgan fingerprint density at radius 2 is 1.71 bits per heavy atom. The predicted molar refractivity (Wildman–Crippen MR) is 143 cm³/mol. The Hall–Kier alpha value is -0.313. The molecule has 3 unspecified atom stereocenters. The van der Waals surface area contributed by atoms with Crippen LogP contribution in [0.25, 0.3) is 0 Å². The lowest BCUT2D eigenvalue weighted by Crippen LogP contribution is -2.50. The molecule has 0 aliphatic carbocycles. The van der Waals surface area contributed by atoms with E-state index in [2.05, 4.69) is 56.6 Å². The van der Waals surface area contributed by atoms with Crippen molar-refractivity contribution in [3.8, 4) is 6.07 Å². The second kappa shape index (κ2) is 12.5. The number of nitriles is 1. The lowest BCUT2D eigenvalue weighted by molar-refractivity contribution is 0.0150. The molecule has 9 nitrogen and oxygen atoms in total. The van der Waals surface area contributed by atoms with Crippen LogP contribution in [0.2, 0.25) is 18.1 Å². The highest BCUT2D eigenvalue weighted by Crippen LogP contribution is 2.49. The third-order valence-electron chi connectivity index (χ3n) is 7.57. The lowest BCUT2D eigenvalue weighted by Gasteiger charge is -2.41. The van der Waals surface area contributed by atoms with Crippen molar-refractivity contribution in [3.05, 3.63) is 0 Å². The summed E-state index contributed by atoms with van der Waals surface area (Å²) in [6.07, 6.45) is 2.40. The molecule has 204 valence electrons. The highest BCUT2D eigenvalue weighted by molar-refractivity contribution is 7.62. The fourth-order valence-corrected chi connectivity index (χ4v) is 7.21. The molecule has 2 saturated heterocycles. The minimum atomic E-state index is -2.91. The van der Waals surface area contributed by atoms with Crippen molar-refractivity contribution in [2.75, 3.05) is 26.7 Å². The van der Waals surface area contributed by atoms with Gasteiger partial charge in [0, 0.05) is 19.0 Å². The van der Waals surface area contributed by atoms with E-state index in [0.717, 1.165) is 0 Å². The zero-order valence-corrected chi connectivity index (χ0v) is 24.9. The second-order valence-electron chi connectivity index (χ2n) is 11.4. The zero-order valence-electron chi connectivity index (χ0n) is 23.0. The molecule has 0 saturated carbocycles. The van der Waals surface area contributed by atoms with Crippen molar-refractivity contribution in [3.63, 3.8) is 0 Å². The summed E-state index contributed by atoms with van der Waals surface area (Å²) in [7, 11) is -3.16. The summed E-state index contributed by atoms with van der Waals surface area (Å²) in [5, 5.41) is 26.2. The maximum Gasteiger partial charge on any atom is 0.192 e. The Balaban J connectivity index is 2.26. The van der Waals surface area contributed by atoms with Crippen LogP contribution >= 0.6 is 7.49 Å².